The molecule has 4 rings (SSSR count). The summed E-state index contributed by atoms with van der Waals surface area (Å²) in [6.45, 7) is -0.471. The van der Waals surface area contributed by atoms with E-state index in [0.29, 0.717) is 16.8 Å². The van der Waals surface area contributed by atoms with Gasteiger partial charge in [0.15, 0.2) is 6.61 Å². The predicted octanol–water partition coefficient (Wildman–Crippen LogP) is 3.89. The lowest BCUT2D eigenvalue weighted by molar-refractivity contribution is -0.119. The number of benzene rings is 3. The molecule has 0 spiro atoms. The second kappa shape index (κ2) is 8.68. The van der Waals surface area contributed by atoms with Crippen molar-refractivity contribution in [3.8, 4) is 0 Å². The van der Waals surface area contributed by atoms with Gasteiger partial charge in [-0.3, -0.25) is 14.4 Å². The molecule has 1 heterocycles. The zero-order valence-corrected chi connectivity index (χ0v) is 18.2. The summed E-state index contributed by atoms with van der Waals surface area (Å²) in [6.07, 6.45) is 0. The van der Waals surface area contributed by atoms with E-state index < -0.39 is 30.3 Å². The lowest BCUT2D eigenvalue weighted by atomic mass is 10.1. The highest BCUT2D eigenvalue weighted by Crippen LogP contribution is 2.28. The second-order valence-corrected chi connectivity index (χ2v) is 7.92. The number of hydrogen-bond donors (Lipinski definition) is 1. The van der Waals surface area contributed by atoms with Crippen LogP contribution in [0.1, 0.15) is 31.1 Å². The Bertz CT molecular complexity index is 1190. The Hall–Kier alpha value is -3.53. The lowest BCUT2D eigenvalue weighted by Crippen LogP contribution is -2.29. The highest BCUT2D eigenvalue weighted by molar-refractivity contribution is 14.1. The Morgan fingerprint density at radius 2 is 1.55 bits per heavy atom. The molecule has 0 saturated carbocycles. The summed E-state index contributed by atoms with van der Waals surface area (Å²) in [5.41, 5.74) is 1.60. The number of imide groups is 1. The Balaban J connectivity index is 1.44. The summed E-state index contributed by atoms with van der Waals surface area (Å²) in [4.78, 5) is 50.8. The van der Waals surface area contributed by atoms with E-state index in [2.05, 4.69) is 27.9 Å². The minimum Gasteiger partial charge on any atom is -0.452 e. The summed E-state index contributed by atoms with van der Waals surface area (Å²) < 4.78 is 6.04. The third-order valence-electron chi connectivity index (χ3n) is 4.58. The van der Waals surface area contributed by atoms with Gasteiger partial charge >= 0.3 is 5.97 Å². The topological polar surface area (TPSA) is 92.8 Å². The van der Waals surface area contributed by atoms with Crippen LogP contribution in [0.5, 0.6) is 0 Å². The minimum absolute atomic E-state index is 0.121. The SMILES string of the molecule is O=C(COC(=O)c1cccc(N2C(=O)c3ccccc3C2=O)c1)Nc1cccc(I)c1. The van der Waals surface area contributed by atoms with Gasteiger partial charge in [-0.05, 0) is 71.1 Å². The third-order valence-corrected chi connectivity index (χ3v) is 5.25. The number of carbonyl (C=O) groups is 4. The molecule has 3 aromatic rings. The summed E-state index contributed by atoms with van der Waals surface area (Å²) >= 11 is 2.13. The Kier molecular flexibility index (Phi) is 5.81. The quantitative estimate of drug-likeness (QED) is 0.310. The summed E-state index contributed by atoms with van der Waals surface area (Å²) in [6, 6.07) is 19.7. The van der Waals surface area contributed by atoms with Crippen molar-refractivity contribution in [1.29, 1.82) is 0 Å². The van der Waals surface area contributed by atoms with Gasteiger partial charge in [0.05, 0.1) is 22.4 Å². The van der Waals surface area contributed by atoms with Crippen molar-refractivity contribution < 1.29 is 23.9 Å². The number of anilines is 2. The number of hydrogen-bond acceptors (Lipinski definition) is 5. The molecule has 0 saturated heterocycles. The fourth-order valence-electron chi connectivity index (χ4n) is 3.17. The van der Waals surface area contributed by atoms with E-state index in [1.54, 1.807) is 54.6 Å². The number of halogens is 1. The van der Waals surface area contributed by atoms with Crippen molar-refractivity contribution in [3.05, 3.63) is 93.1 Å². The average Bonchev–Trinajstić information content (AvgIpc) is 3.02. The molecule has 0 aromatic heterocycles. The summed E-state index contributed by atoms with van der Waals surface area (Å²) in [5, 5.41) is 2.65. The van der Waals surface area contributed by atoms with Crippen LogP contribution >= 0.6 is 22.6 Å². The molecule has 0 bridgehead atoms. The molecule has 7 nitrogen and oxygen atoms in total. The van der Waals surface area contributed by atoms with Gasteiger partial charge in [0.25, 0.3) is 17.7 Å². The van der Waals surface area contributed by atoms with Crippen LogP contribution in [0.25, 0.3) is 0 Å². The van der Waals surface area contributed by atoms with Crippen LogP contribution in [0.15, 0.2) is 72.8 Å². The highest BCUT2D eigenvalue weighted by atomic mass is 127. The molecule has 0 unspecified atom stereocenters. The largest absolute Gasteiger partial charge is 0.452 e. The van der Waals surface area contributed by atoms with Gasteiger partial charge in [0.1, 0.15) is 0 Å². The van der Waals surface area contributed by atoms with Crippen LogP contribution in [-0.2, 0) is 9.53 Å². The van der Waals surface area contributed by atoms with Crippen molar-refractivity contribution >= 4 is 57.7 Å². The van der Waals surface area contributed by atoms with Gasteiger partial charge in [-0.15, -0.1) is 0 Å². The Morgan fingerprint density at radius 1 is 0.871 bits per heavy atom. The van der Waals surface area contributed by atoms with E-state index >= 15 is 0 Å². The van der Waals surface area contributed by atoms with E-state index in [9.17, 15) is 19.2 Å². The number of ether oxygens (including phenoxy) is 1. The zero-order chi connectivity index (χ0) is 22.0. The number of fused-ring (bicyclic) bond motifs is 1. The normalized spacial score (nSPS) is 12.5. The maximum atomic E-state index is 12.6. The van der Waals surface area contributed by atoms with Crippen molar-refractivity contribution in [2.75, 3.05) is 16.8 Å². The maximum absolute atomic E-state index is 12.6. The first-order valence-corrected chi connectivity index (χ1v) is 10.3. The van der Waals surface area contributed by atoms with Gasteiger partial charge in [0, 0.05) is 9.26 Å². The predicted molar refractivity (Wildman–Crippen MR) is 122 cm³/mol. The first-order valence-electron chi connectivity index (χ1n) is 9.24. The fraction of sp³-hybridized carbons (Fsp3) is 0.0435. The molecule has 0 aliphatic carbocycles. The van der Waals surface area contributed by atoms with Gasteiger partial charge in [0.2, 0.25) is 0 Å². The van der Waals surface area contributed by atoms with Crippen LogP contribution in [-0.4, -0.2) is 30.3 Å². The summed E-state index contributed by atoms with van der Waals surface area (Å²) in [5.74, 6) is -2.13. The third kappa shape index (κ3) is 4.33. The number of esters is 1. The van der Waals surface area contributed by atoms with Gasteiger partial charge in [-0.2, -0.15) is 0 Å². The Morgan fingerprint density at radius 3 is 2.23 bits per heavy atom. The Labute approximate surface area is 191 Å². The monoisotopic (exact) mass is 526 g/mol. The van der Waals surface area contributed by atoms with E-state index in [1.165, 1.54) is 12.1 Å². The molecule has 3 aromatic carbocycles. The highest BCUT2D eigenvalue weighted by Gasteiger charge is 2.36. The first-order chi connectivity index (χ1) is 14.9. The number of nitrogens with zero attached hydrogens (tertiary/aromatic N) is 1. The molecule has 0 fully saturated rings. The smallest absolute Gasteiger partial charge is 0.338 e. The molecule has 3 amide bonds. The van der Waals surface area contributed by atoms with Crippen LogP contribution < -0.4 is 10.2 Å². The number of rotatable bonds is 5. The van der Waals surface area contributed by atoms with Crippen molar-refractivity contribution in [2.45, 2.75) is 0 Å². The van der Waals surface area contributed by atoms with Gasteiger partial charge in [-0.25, -0.2) is 9.69 Å². The number of nitrogens with one attached hydrogen (secondary N) is 1. The van der Waals surface area contributed by atoms with E-state index in [0.717, 1.165) is 8.47 Å². The average molecular weight is 526 g/mol. The van der Waals surface area contributed by atoms with E-state index in [-0.39, 0.29) is 11.3 Å². The number of amides is 3. The van der Waals surface area contributed by atoms with Crippen LogP contribution in [0, 0.1) is 3.57 Å². The molecule has 1 aliphatic rings. The van der Waals surface area contributed by atoms with Crippen molar-refractivity contribution in [1.82, 2.24) is 0 Å². The minimum atomic E-state index is -0.740. The molecule has 1 aliphatic heterocycles. The lowest BCUT2D eigenvalue weighted by Gasteiger charge is -2.15. The van der Waals surface area contributed by atoms with Crippen molar-refractivity contribution in [2.24, 2.45) is 0 Å². The molecular weight excluding hydrogens is 511 g/mol. The van der Waals surface area contributed by atoms with Gasteiger partial charge in [-0.1, -0.05) is 24.3 Å². The molecule has 8 heteroatoms. The molecule has 0 radical (unpaired) electrons. The molecular formula is C23H15IN2O5. The molecule has 154 valence electrons. The van der Waals surface area contributed by atoms with Crippen molar-refractivity contribution in [3.63, 3.8) is 0 Å². The summed E-state index contributed by atoms with van der Waals surface area (Å²) in [7, 11) is 0. The van der Waals surface area contributed by atoms with E-state index in [1.807, 2.05) is 6.07 Å². The second-order valence-electron chi connectivity index (χ2n) is 6.68. The maximum Gasteiger partial charge on any atom is 0.338 e. The van der Waals surface area contributed by atoms with Gasteiger partial charge < -0.3 is 10.1 Å². The number of carbonyl (C=O) groups excluding carboxylic acids is 4. The zero-order valence-electron chi connectivity index (χ0n) is 16.0. The molecule has 31 heavy (non-hydrogen) atoms. The van der Waals surface area contributed by atoms with Crippen LogP contribution in [0.2, 0.25) is 0 Å². The van der Waals surface area contributed by atoms with Crippen LogP contribution in [0.4, 0.5) is 11.4 Å². The molecule has 1 N–H and O–H groups in total. The van der Waals surface area contributed by atoms with E-state index in [4.69, 9.17) is 4.74 Å². The first kappa shape index (κ1) is 20.7. The fourth-order valence-corrected chi connectivity index (χ4v) is 3.72. The molecule has 0 atom stereocenters. The van der Waals surface area contributed by atoms with Crippen LogP contribution in [0.3, 0.4) is 0 Å². The standard InChI is InChI=1S/C23H15IN2O5/c24-15-6-4-7-16(12-15)25-20(27)13-31-23(30)14-5-3-8-17(11-14)26-21(28)18-9-1-2-10-19(18)22(26)29/h1-12H,13H2,(H,25,27).